The van der Waals surface area contributed by atoms with E-state index in [1.807, 2.05) is 18.2 Å². The van der Waals surface area contributed by atoms with Crippen molar-refractivity contribution in [3.63, 3.8) is 0 Å². The molecule has 1 aliphatic heterocycles. The molecule has 0 unspecified atom stereocenters. The van der Waals surface area contributed by atoms with Crippen LogP contribution in [-0.2, 0) is 20.7 Å². The largest absolute Gasteiger partial charge is 0.493 e. The number of rotatable bonds is 7. The quantitative estimate of drug-likeness (QED) is 0.474. The molecule has 7 heteroatoms. The number of allylic oxidation sites excluding steroid dienone is 1. The van der Waals surface area contributed by atoms with Gasteiger partial charge in [0.2, 0.25) is 0 Å². The summed E-state index contributed by atoms with van der Waals surface area (Å²) < 4.78 is 15.6. The van der Waals surface area contributed by atoms with E-state index in [0.29, 0.717) is 40.8 Å². The van der Waals surface area contributed by atoms with Crippen molar-refractivity contribution in [2.45, 2.75) is 13.3 Å². The molecule has 2 aromatic rings. The van der Waals surface area contributed by atoms with Gasteiger partial charge < -0.3 is 19.1 Å². The number of nitrogens with zero attached hydrogens (tertiary/aromatic N) is 1. The molecule has 1 amide bonds. The Morgan fingerprint density at radius 3 is 2.32 bits per heavy atom. The number of carbonyl (C=O) groups excluding carboxylic acids is 2. The molecule has 0 fully saturated rings. The molecule has 6 nitrogen and oxygen atoms in total. The van der Waals surface area contributed by atoms with Gasteiger partial charge in [-0.1, -0.05) is 29.8 Å². The highest BCUT2D eigenvalue weighted by Crippen LogP contribution is 2.33. The molecule has 0 saturated carbocycles. The number of carbonyl (C=O) groups is 2. The summed E-state index contributed by atoms with van der Waals surface area (Å²) in [6, 6.07) is 12.7. The second kappa shape index (κ2) is 9.71. The summed E-state index contributed by atoms with van der Waals surface area (Å²) in [5.74, 6) is 0.479. The first-order valence-corrected chi connectivity index (χ1v) is 10.1. The van der Waals surface area contributed by atoms with Crippen molar-refractivity contribution in [3.05, 3.63) is 75.5 Å². The lowest BCUT2D eigenvalue weighted by molar-refractivity contribution is -0.136. The van der Waals surface area contributed by atoms with Crippen molar-refractivity contribution < 1.29 is 23.8 Å². The standard InChI is InChI=1S/C24H24ClNO5/c1-15-22(24(28)31-4)19(13-16-5-8-18(25)9-6-16)23(27)26(15)12-11-17-7-10-20(29-2)21(14-17)30-3/h5-10,13-14H,11-12H2,1-4H3/b19-13-. The molecule has 2 aromatic carbocycles. The van der Waals surface area contributed by atoms with Gasteiger partial charge in [0.25, 0.3) is 5.91 Å². The van der Waals surface area contributed by atoms with E-state index in [1.54, 1.807) is 56.4 Å². The van der Waals surface area contributed by atoms with Gasteiger partial charge >= 0.3 is 5.97 Å². The van der Waals surface area contributed by atoms with E-state index in [1.165, 1.54) is 7.11 Å². The Kier molecular flexibility index (Phi) is 7.02. The third-order valence-corrected chi connectivity index (χ3v) is 5.41. The first-order chi connectivity index (χ1) is 14.9. The van der Waals surface area contributed by atoms with Crippen LogP contribution < -0.4 is 9.47 Å². The predicted molar refractivity (Wildman–Crippen MR) is 119 cm³/mol. The molecule has 1 heterocycles. The minimum atomic E-state index is -0.542. The number of esters is 1. The molecule has 0 bridgehead atoms. The lowest BCUT2D eigenvalue weighted by Gasteiger charge is -2.18. The number of methoxy groups -OCH3 is 3. The first kappa shape index (κ1) is 22.4. The maximum Gasteiger partial charge on any atom is 0.340 e. The Morgan fingerprint density at radius 1 is 1.03 bits per heavy atom. The number of hydrogen-bond acceptors (Lipinski definition) is 5. The van der Waals surface area contributed by atoms with E-state index in [0.717, 1.165) is 11.1 Å². The molecule has 0 saturated heterocycles. The van der Waals surface area contributed by atoms with Gasteiger partial charge in [-0.05, 0) is 54.8 Å². The monoisotopic (exact) mass is 441 g/mol. The Morgan fingerprint density at radius 2 is 1.71 bits per heavy atom. The van der Waals surface area contributed by atoms with Crippen molar-refractivity contribution in [2.24, 2.45) is 0 Å². The van der Waals surface area contributed by atoms with Gasteiger partial charge in [0.15, 0.2) is 11.5 Å². The fraction of sp³-hybridized carbons (Fsp3) is 0.250. The second-order valence-electron chi connectivity index (χ2n) is 6.96. The molecule has 3 rings (SSSR count). The van der Waals surface area contributed by atoms with Crippen LogP contribution in [-0.4, -0.2) is 44.7 Å². The van der Waals surface area contributed by atoms with Crippen LogP contribution in [0.25, 0.3) is 6.08 Å². The third kappa shape index (κ3) is 4.75. The minimum Gasteiger partial charge on any atom is -0.493 e. The van der Waals surface area contributed by atoms with Crippen LogP contribution in [0.2, 0.25) is 5.02 Å². The zero-order chi connectivity index (χ0) is 22.5. The van der Waals surface area contributed by atoms with Gasteiger partial charge in [-0.3, -0.25) is 4.79 Å². The highest BCUT2D eigenvalue weighted by Gasteiger charge is 2.36. The van der Waals surface area contributed by atoms with E-state index >= 15 is 0 Å². The van der Waals surface area contributed by atoms with E-state index in [2.05, 4.69) is 0 Å². The summed E-state index contributed by atoms with van der Waals surface area (Å²) in [6.45, 7) is 2.15. The zero-order valence-electron chi connectivity index (χ0n) is 17.9. The first-order valence-electron chi connectivity index (χ1n) is 9.69. The summed E-state index contributed by atoms with van der Waals surface area (Å²) >= 11 is 5.95. The van der Waals surface area contributed by atoms with Gasteiger partial charge in [0, 0.05) is 17.3 Å². The van der Waals surface area contributed by atoms with Crippen LogP contribution in [0.5, 0.6) is 11.5 Å². The Balaban J connectivity index is 1.89. The van der Waals surface area contributed by atoms with Gasteiger partial charge in [-0.15, -0.1) is 0 Å². The van der Waals surface area contributed by atoms with Gasteiger partial charge in [0.1, 0.15) is 0 Å². The zero-order valence-corrected chi connectivity index (χ0v) is 18.7. The highest BCUT2D eigenvalue weighted by atomic mass is 35.5. The van der Waals surface area contributed by atoms with Crippen molar-refractivity contribution in [3.8, 4) is 11.5 Å². The molecule has 0 atom stereocenters. The Labute approximate surface area is 186 Å². The molecule has 0 spiro atoms. The Hall–Kier alpha value is -3.25. The van der Waals surface area contributed by atoms with Crippen molar-refractivity contribution in [1.82, 2.24) is 4.90 Å². The summed E-state index contributed by atoms with van der Waals surface area (Å²) in [6.07, 6.45) is 2.26. The predicted octanol–water partition coefficient (Wildman–Crippen LogP) is 4.27. The molecular weight excluding hydrogens is 418 g/mol. The van der Waals surface area contributed by atoms with Crippen molar-refractivity contribution in [2.75, 3.05) is 27.9 Å². The van der Waals surface area contributed by atoms with Crippen LogP contribution in [0.1, 0.15) is 18.1 Å². The SMILES string of the molecule is COC(=O)C1=C(C)N(CCc2ccc(OC)c(OC)c2)C(=O)/C1=C\c1ccc(Cl)cc1. The molecule has 0 aromatic heterocycles. The van der Waals surface area contributed by atoms with Crippen LogP contribution in [0.15, 0.2) is 59.3 Å². The minimum absolute atomic E-state index is 0.242. The average Bonchev–Trinajstić information content (AvgIpc) is 3.02. The summed E-state index contributed by atoms with van der Waals surface area (Å²) in [5, 5.41) is 0.594. The molecule has 31 heavy (non-hydrogen) atoms. The van der Waals surface area contributed by atoms with E-state index < -0.39 is 5.97 Å². The summed E-state index contributed by atoms with van der Waals surface area (Å²) in [7, 11) is 4.46. The molecule has 1 aliphatic rings. The van der Waals surface area contributed by atoms with Crippen LogP contribution in [0.3, 0.4) is 0 Å². The fourth-order valence-corrected chi connectivity index (χ4v) is 3.63. The fourth-order valence-electron chi connectivity index (χ4n) is 3.50. The average molecular weight is 442 g/mol. The lowest BCUT2D eigenvalue weighted by Crippen LogP contribution is -2.27. The lowest BCUT2D eigenvalue weighted by atomic mass is 10.0. The smallest absolute Gasteiger partial charge is 0.340 e. The third-order valence-electron chi connectivity index (χ3n) is 5.15. The number of benzene rings is 2. The topological polar surface area (TPSA) is 65.1 Å². The maximum atomic E-state index is 13.2. The van der Waals surface area contributed by atoms with E-state index in [4.69, 9.17) is 25.8 Å². The van der Waals surface area contributed by atoms with Crippen LogP contribution >= 0.6 is 11.6 Å². The number of hydrogen-bond donors (Lipinski definition) is 0. The normalized spacial score (nSPS) is 14.9. The summed E-state index contributed by atoms with van der Waals surface area (Å²) in [5.41, 5.74) is 2.89. The molecule has 0 radical (unpaired) electrons. The van der Waals surface area contributed by atoms with Gasteiger partial charge in [-0.2, -0.15) is 0 Å². The van der Waals surface area contributed by atoms with Crippen LogP contribution in [0, 0.1) is 0 Å². The molecular formula is C24H24ClNO5. The van der Waals surface area contributed by atoms with E-state index in [9.17, 15) is 9.59 Å². The molecule has 0 N–H and O–H groups in total. The van der Waals surface area contributed by atoms with Crippen molar-refractivity contribution >= 4 is 29.6 Å². The maximum absolute atomic E-state index is 13.2. The van der Waals surface area contributed by atoms with Gasteiger partial charge in [0.05, 0.1) is 32.5 Å². The number of ether oxygens (including phenoxy) is 3. The Bertz CT molecular complexity index is 1060. The molecule has 0 aliphatic carbocycles. The highest BCUT2D eigenvalue weighted by molar-refractivity contribution is 6.30. The second-order valence-corrected chi connectivity index (χ2v) is 7.39. The van der Waals surface area contributed by atoms with Crippen LogP contribution in [0.4, 0.5) is 0 Å². The van der Waals surface area contributed by atoms with Crippen molar-refractivity contribution in [1.29, 1.82) is 0 Å². The number of amides is 1. The van der Waals surface area contributed by atoms with Gasteiger partial charge in [-0.25, -0.2) is 4.79 Å². The number of halogens is 1. The van der Waals surface area contributed by atoms with E-state index in [-0.39, 0.29) is 11.5 Å². The molecule has 162 valence electrons. The summed E-state index contributed by atoms with van der Waals surface area (Å²) in [4.78, 5) is 27.2.